The molecule has 1 aliphatic rings. The number of rotatable bonds is 7. The van der Waals surface area contributed by atoms with Crippen LogP contribution in [-0.4, -0.2) is 68.9 Å². The first-order valence-electron chi connectivity index (χ1n) is 7.72. The minimum Gasteiger partial charge on any atom is -0.385 e. The van der Waals surface area contributed by atoms with Gasteiger partial charge in [-0.25, -0.2) is 8.42 Å². The van der Waals surface area contributed by atoms with Crippen molar-refractivity contribution in [3.63, 3.8) is 0 Å². The van der Waals surface area contributed by atoms with Crippen LogP contribution >= 0.6 is 0 Å². The van der Waals surface area contributed by atoms with Gasteiger partial charge in [0.1, 0.15) is 5.69 Å². The molecule has 0 aromatic carbocycles. The summed E-state index contributed by atoms with van der Waals surface area (Å²) in [7, 11) is 1.05. The minimum absolute atomic E-state index is 0.0151. The summed E-state index contributed by atoms with van der Waals surface area (Å²) >= 11 is 0. The van der Waals surface area contributed by atoms with Crippen LogP contribution in [-0.2, 0) is 9.84 Å². The Kier molecular flexibility index (Phi) is 5.95. The Labute approximate surface area is 137 Å². The van der Waals surface area contributed by atoms with Gasteiger partial charge in [0.05, 0.1) is 11.5 Å². The Balaban J connectivity index is 1.87. The van der Waals surface area contributed by atoms with Gasteiger partial charge >= 0.3 is 0 Å². The summed E-state index contributed by atoms with van der Waals surface area (Å²) in [6, 6.07) is 3.19. The number of pyridine rings is 1. The van der Waals surface area contributed by atoms with Crippen LogP contribution in [0, 0.1) is 0 Å². The maximum Gasteiger partial charge on any atom is 0.270 e. The van der Waals surface area contributed by atoms with Gasteiger partial charge in [-0.05, 0) is 45.6 Å². The van der Waals surface area contributed by atoms with E-state index in [1.165, 1.54) is 0 Å². The van der Waals surface area contributed by atoms with E-state index in [9.17, 15) is 13.2 Å². The predicted molar refractivity (Wildman–Crippen MR) is 90.4 cm³/mol. The smallest absolute Gasteiger partial charge is 0.270 e. The van der Waals surface area contributed by atoms with E-state index in [4.69, 9.17) is 0 Å². The molecule has 1 atom stereocenters. The third-order valence-electron chi connectivity index (χ3n) is 3.67. The summed E-state index contributed by atoms with van der Waals surface area (Å²) in [6.07, 6.45) is 3.04. The fraction of sp³-hybridized carbons (Fsp3) is 0.600. The van der Waals surface area contributed by atoms with Crippen LogP contribution in [0.15, 0.2) is 18.3 Å². The van der Waals surface area contributed by atoms with Crippen molar-refractivity contribution >= 4 is 21.4 Å². The van der Waals surface area contributed by atoms with Crippen LogP contribution in [0.1, 0.15) is 23.3 Å². The molecule has 1 aromatic heterocycles. The van der Waals surface area contributed by atoms with Crippen molar-refractivity contribution < 1.29 is 13.2 Å². The number of nitrogens with one attached hydrogen (secondary N) is 2. The Bertz CT molecular complexity index is 646. The van der Waals surface area contributed by atoms with E-state index in [-0.39, 0.29) is 23.5 Å². The largest absolute Gasteiger partial charge is 0.385 e. The first kappa shape index (κ1) is 17.7. The van der Waals surface area contributed by atoms with E-state index < -0.39 is 9.84 Å². The summed E-state index contributed by atoms with van der Waals surface area (Å²) in [5.41, 5.74) is 1.13. The topological polar surface area (TPSA) is 91.4 Å². The normalized spacial score (nSPS) is 19.7. The lowest BCUT2D eigenvalue weighted by Crippen LogP contribution is -2.36. The highest BCUT2D eigenvalue weighted by Crippen LogP contribution is 2.13. The molecule has 2 heterocycles. The van der Waals surface area contributed by atoms with Gasteiger partial charge in [0, 0.05) is 24.5 Å². The lowest BCUT2D eigenvalue weighted by molar-refractivity contribution is 0.0936. The lowest BCUT2D eigenvalue weighted by atomic mass is 10.2. The van der Waals surface area contributed by atoms with Crippen LogP contribution in [0.2, 0.25) is 0 Å². The van der Waals surface area contributed by atoms with Crippen molar-refractivity contribution in [2.75, 3.05) is 44.0 Å². The summed E-state index contributed by atoms with van der Waals surface area (Å²) in [5.74, 6) is -0.177. The third kappa shape index (κ3) is 5.80. The van der Waals surface area contributed by atoms with Crippen molar-refractivity contribution in [1.29, 1.82) is 0 Å². The zero-order valence-electron chi connectivity index (χ0n) is 13.6. The molecule has 1 aromatic rings. The first-order valence-corrected chi connectivity index (χ1v) is 9.54. The van der Waals surface area contributed by atoms with Gasteiger partial charge < -0.3 is 15.5 Å². The quantitative estimate of drug-likeness (QED) is 0.697. The number of nitrogens with zero attached hydrogens (tertiary/aromatic N) is 2. The molecule has 2 rings (SSSR count). The number of anilines is 1. The first-order chi connectivity index (χ1) is 10.9. The molecule has 23 heavy (non-hydrogen) atoms. The molecular formula is C15H24N4O3S. The molecule has 128 valence electrons. The molecular weight excluding hydrogens is 316 g/mol. The van der Waals surface area contributed by atoms with E-state index in [0.717, 1.165) is 25.2 Å². The molecule has 2 N–H and O–H groups in total. The Morgan fingerprint density at radius 2 is 2.22 bits per heavy atom. The summed E-state index contributed by atoms with van der Waals surface area (Å²) < 4.78 is 22.9. The standard InChI is InChI=1S/C15H24N4O3S/c1-19(2)8-3-6-16-12-4-7-17-14(10-12)15(20)18-13-5-9-23(21,22)11-13/h4,7,10,13H,3,5-6,8-9,11H2,1-2H3,(H,16,17)(H,18,20). The second kappa shape index (κ2) is 7.74. The maximum atomic E-state index is 12.2. The monoisotopic (exact) mass is 340 g/mol. The van der Waals surface area contributed by atoms with Gasteiger partial charge in [-0.2, -0.15) is 0 Å². The van der Waals surface area contributed by atoms with Crippen molar-refractivity contribution in [2.24, 2.45) is 0 Å². The molecule has 0 spiro atoms. The molecule has 0 aliphatic carbocycles. The molecule has 1 aliphatic heterocycles. The molecule has 0 saturated carbocycles. The van der Waals surface area contributed by atoms with Gasteiger partial charge in [-0.15, -0.1) is 0 Å². The summed E-state index contributed by atoms with van der Waals surface area (Å²) in [4.78, 5) is 18.4. The van der Waals surface area contributed by atoms with Gasteiger partial charge in [0.2, 0.25) is 0 Å². The number of aromatic nitrogens is 1. The number of carbonyl (C=O) groups is 1. The highest BCUT2D eigenvalue weighted by Gasteiger charge is 2.29. The maximum absolute atomic E-state index is 12.2. The van der Waals surface area contributed by atoms with E-state index >= 15 is 0 Å². The highest BCUT2D eigenvalue weighted by atomic mass is 32.2. The second-order valence-corrected chi connectivity index (χ2v) is 8.32. The number of hydrogen-bond acceptors (Lipinski definition) is 6. The van der Waals surface area contributed by atoms with Gasteiger partial charge in [-0.3, -0.25) is 9.78 Å². The van der Waals surface area contributed by atoms with Crippen molar-refractivity contribution in [2.45, 2.75) is 18.9 Å². The van der Waals surface area contributed by atoms with Crippen LogP contribution in [0.3, 0.4) is 0 Å². The zero-order valence-corrected chi connectivity index (χ0v) is 14.4. The number of amides is 1. The molecule has 7 nitrogen and oxygen atoms in total. The number of hydrogen-bond donors (Lipinski definition) is 2. The Morgan fingerprint density at radius 3 is 2.87 bits per heavy atom. The van der Waals surface area contributed by atoms with Gasteiger partial charge in [-0.1, -0.05) is 0 Å². The molecule has 0 radical (unpaired) electrons. The SMILES string of the molecule is CN(C)CCCNc1ccnc(C(=O)NC2CCS(=O)(=O)C2)c1. The predicted octanol–water partition coefficient (Wildman–Crippen LogP) is 0.362. The molecule has 1 fully saturated rings. The second-order valence-electron chi connectivity index (χ2n) is 6.09. The van der Waals surface area contributed by atoms with E-state index in [1.54, 1.807) is 12.3 Å². The minimum atomic E-state index is -3.00. The fourth-order valence-electron chi connectivity index (χ4n) is 2.46. The van der Waals surface area contributed by atoms with Crippen LogP contribution in [0.4, 0.5) is 5.69 Å². The van der Waals surface area contributed by atoms with Crippen molar-refractivity contribution in [1.82, 2.24) is 15.2 Å². The lowest BCUT2D eigenvalue weighted by Gasteiger charge is -2.12. The molecule has 1 unspecified atom stereocenters. The molecule has 1 amide bonds. The number of carbonyl (C=O) groups excluding carboxylic acids is 1. The van der Waals surface area contributed by atoms with Crippen LogP contribution in [0.5, 0.6) is 0 Å². The average Bonchev–Trinajstić information content (AvgIpc) is 2.82. The highest BCUT2D eigenvalue weighted by molar-refractivity contribution is 7.91. The molecule has 0 bridgehead atoms. The van der Waals surface area contributed by atoms with Crippen LogP contribution in [0.25, 0.3) is 0 Å². The zero-order chi connectivity index (χ0) is 16.9. The van der Waals surface area contributed by atoms with Gasteiger partial charge in [0.25, 0.3) is 5.91 Å². The van der Waals surface area contributed by atoms with Crippen molar-refractivity contribution in [3.8, 4) is 0 Å². The third-order valence-corrected chi connectivity index (χ3v) is 5.44. The number of sulfone groups is 1. The van der Waals surface area contributed by atoms with E-state index in [0.29, 0.717) is 12.1 Å². The van der Waals surface area contributed by atoms with Crippen molar-refractivity contribution in [3.05, 3.63) is 24.0 Å². The Morgan fingerprint density at radius 1 is 1.43 bits per heavy atom. The molecule has 8 heteroatoms. The van der Waals surface area contributed by atoms with E-state index in [1.807, 2.05) is 20.2 Å². The average molecular weight is 340 g/mol. The molecule has 1 saturated heterocycles. The van der Waals surface area contributed by atoms with Gasteiger partial charge in [0.15, 0.2) is 9.84 Å². The Hall–Kier alpha value is -1.67. The summed E-state index contributed by atoms with van der Waals surface area (Å²) in [5, 5.41) is 6.00. The summed E-state index contributed by atoms with van der Waals surface area (Å²) in [6.45, 7) is 1.80. The van der Waals surface area contributed by atoms with E-state index in [2.05, 4.69) is 20.5 Å². The van der Waals surface area contributed by atoms with Crippen LogP contribution < -0.4 is 10.6 Å². The fourth-order valence-corrected chi connectivity index (χ4v) is 4.13.